The van der Waals surface area contributed by atoms with Gasteiger partial charge < -0.3 is 10.6 Å². The van der Waals surface area contributed by atoms with Crippen molar-refractivity contribution in [3.63, 3.8) is 0 Å². The number of piperazine rings is 1. The van der Waals surface area contributed by atoms with Crippen molar-refractivity contribution < 1.29 is 4.79 Å². The lowest BCUT2D eigenvalue weighted by Crippen LogP contribution is -2.53. The molecule has 1 amide bonds. The highest BCUT2D eigenvalue weighted by Gasteiger charge is 2.30. The van der Waals surface area contributed by atoms with Gasteiger partial charge in [-0.05, 0) is 19.4 Å². The van der Waals surface area contributed by atoms with Crippen molar-refractivity contribution in [3.8, 4) is 0 Å². The van der Waals surface area contributed by atoms with Crippen LogP contribution in [0.1, 0.15) is 34.8 Å². The Kier molecular flexibility index (Phi) is 8.07. The van der Waals surface area contributed by atoms with Gasteiger partial charge in [0.15, 0.2) is 0 Å². The van der Waals surface area contributed by atoms with Crippen LogP contribution in [0.2, 0.25) is 0 Å². The molecule has 1 aliphatic heterocycles. The van der Waals surface area contributed by atoms with Crippen LogP contribution in [0.25, 0.3) is 0 Å². The first-order valence-electron chi connectivity index (χ1n) is 7.45. The minimum Gasteiger partial charge on any atom is -0.335 e. The van der Waals surface area contributed by atoms with E-state index in [1.807, 2.05) is 10.3 Å². The van der Waals surface area contributed by atoms with Gasteiger partial charge in [-0.1, -0.05) is 6.42 Å². The molecule has 2 fully saturated rings. The van der Waals surface area contributed by atoms with Gasteiger partial charge in [-0.25, -0.2) is 4.98 Å². The first-order valence-corrected chi connectivity index (χ1v) is 8.33. The summed E-state index contributed by atoms with van der Waals surface area (Å²) in [5.41, 5.74) is 6.11. The molecule has 1 saturated heterocycles. The molecule has 2 heterocycles. The number of aromatic nitrogens is 1. The van der Waals surface area contributed by atoms with E-state index in [0.29, 0.717) is 12.2 Å². The first kappa shape index (κ1) is 19.6. The maximum atomic E-state index is 12.4. The lowest BCUT2D eigenvalue weighted by atomic mass is 9.91. The molecule has 22 heavy (non-hydrogen) atoms. The molecule has 0 spiro atoms. The van der Waals surface area contributed by atoms with Gasteiger partial charge in [-0.15, -0.1) is 36.2 Å². The van der Waals surface area contributed by atoms with Crippen molar-refractivity contribution in [2.45, 2.75) is 31.7 Å². The SMILES string of the molecule is Cl.Cl.NCCc1nc(C(=O)N2CCN(C3CCC3)CC2)cs1. The average molecular weight is 367 g/mol. The topological polar surface area (TPSA) is 62.5 Å². The predicted molar refractivity (Wildman–Crippen MR) is 94.5 cm³/mol. The fourth-order valence-corrected chi connectivity index (χ4v) is 3.64. The highest BCUT2D eigenvalue weighted by Crippen LogP contribution is 2.25. The molecular weight excluding hydrogens is 343 g/mol. The van der Waals surface area contributed by atoms with E-state index >= 15 is 0 Å². The van der Waals surface area contributed by atoms with E-state index < -0.39 is 0 Å². The molecule has 0 bridgehead atoms. The summed E-state index contributed by atoms with van der Waals surface area (Å²) >= 11 is 1.54. The standard InChI is InChI=1S/C14H22N4OS.2ClH/c15-5-4-13-16-12(10-20-13)14(19)18-8-6-17(7-9-18)11-2-1-3-11;;/h10-11H,1-9,15H2;2*1H. The number of hydrogen-bond acceptors (Lipinski definition) is 5. The molecule has 126 valence electrons. The van der Waals surface area contributed by atoms with Crippen molar-refractivity contribution in [1.82, 2.24) is 14.8 Å². The molecule has 2 N–H and O–H groups in total. The van der Waals surface area contributed by atoms with Crippen LogP contribution in [0.4, 0.5) is 0 Å². The van der Waals surface area contributed by atoms with Gasteiger partial charge in [0.1, 0.15) is 5.69 Å². The fraction of sp³-hybridized carbons (Fsp3) is 0.714. The number of nitrogens with zero attached hydrogens (tertiary/aromatic N) is 3. The number of carbonyl (C=O) groups is 1. The number of carbonyl (C=O) groups excluding carboxylic acids is 1. The maximum Gasteiger partial charge on any atom is 0.273 e. The van der Waals surface area contributed by atoms with Crippen molar-refractivity contribution in [2.24, 2.45) is 5.73 Å². The monoisotopic (exact) mass is 366 g/mol. The second-order valence-electron chi connectivity index (χ2n) is 5.58. The second-order valence-corrected chi connectivity index (χ2v) is 6.52. The molecule has 0 radical (unpaired) electrons. The van der Waals surface area contributed by atoms with E-state index in [1.165, 1.54) is 30.6 Å². The highest BCUT2D eigenvalue weighted by atomic mass is 35.5. The first-order chi connectivity index (χ1) is 9.78. The van der Waals surface area contributed by atoms with Crippen LogP contribution in [0.5, 0.6) is 0 Å². The largest absolute Gasteiger partial charge is 0.335 e. The van der Waals surface area contributed by atoms with Crippen molar-refractivity contribution in [2.75, 3.05) is 32.7 Å². The number of nitrogens with two attached hydrogens (primary N) is 1. The van der Waals surface area contributed by atoms with Crippen molar-refractivity contribution >= 4 is 42.1 Å². The van der Waals surface area contributed by atoms with Crippen molar-refractivity contribution in [1.29, 1.82) is 0 Å². The van der Waals surface area contributed by atoms with Gasteiger partial charge in [0.25, 0.3) is 5.91 Å². The normalized spacial score (nSPS) is 19.0. The number of hydrogen-bond donors (Lipinski definition) is 1. The quantitative estimate of drug-likeness (QED) is 0.882. The summed E-state index contributed by atoms with van der Waals surface area (Å²) in [6.07, 6.45) is 4.80. The van der Waals surface area contributed by atoms with E-state index in [4.69, 9.17) is 5.73 Å². The number of amides is 1. The summed E-state index contributed by atoms with van der Waals surface area (Å²) in [5.74, 6) is 0.0813. The Labute approximate surface area is 148 Å². The minimum absolute atomic E-state index is 0. The third-order valence-corrected chi connectivity index (χ3v) is 5.23. The van der Waals surface area contributed by atoms with Gasteiger partial charge in [0, 0.05) is 44.0 Å². The van der Waals surface area contributed by atoms with E-state index in [2.05, 4.69) is 9.88 Å². The molecule has 0 atom stereocenters. The molecule has 2 aliphatic rings. The van der Waals surface area contributed by atoms with Crippen LogP contribution in [-0.2, 0) is 6.42 Å². The Bertz CT molecular complexity index is 473. The minimum atomic E-state index is 0. The number of halogens is 2. The van der Waals surface area contributed by atoms with Gasteiger partial charge in [-0.2, -0.15) is 0 Å². The number of rotatable bonds is 4. The Hall–Kier alpha value is -0.400. The Morgan fingerprint density at radius 3 is 2.50 bits per heavy atom. The summed E-state index contributed by atoms with van der Waals surface area (Å²) in [4.78, 5) is 21.3. The third-order valence-electron chi connectivity index (χ3n) is 4.32. The Morgan fingerprint density at radius 2 is 1.95 bits per heavy atom. The summed E-state index contributed by atoms with van der Waals surface area (Å²) in [7, 11) is 0. The van der Waals surface area contributed by atoms with E-state index in [-0.39, 0.29) is 30.7 Å². The van der Waals surface area contributed by atoms with Crippen molar-refractivity contribution in [3.05, 3.63) is 16.1 Å². The Morgan fingerprint density at radius 1 is 1.27 bits per heavy atom. The van der Waals surface area contributed by atoms with E-state index in [0.717, 1.165) is 43.6 Å². The molecule has 1 aromatic rings. The Balaban J connectivity index is 0.00000121. The highest BCUT2D eigenvalue weighted by molar-refractivity contribution is 7.09. The molecule has 0 aromatic carbocycles. The molecular formula is C14H24Cl2N4OS. The smallest absolute Gasteiger partial charge is 0.273 e. The fourth-order valence-electron chi connectivity index (χ4n) is 2.85. The predicted octanol–water partition coefficient (Wildman–Crippen LogP) is 1.80. The van der Waals surface area contributed by atoms with Crippen LogP contribution in [0.3, 0.4) is 0 Å². The molecule has 1 saturated carbocycles. The molecule has 8 heteroatoms. The van der Waals surface area contributed by atoms with Gasteiger partial charge >= 0.3 is 0 Å². The summed E-state index contributed by atoms with van der Waals surface area (Å²) in [6.45, 7) is 4.27. The molecule has 1 aromatic heterocycles. The van der Waals surface area contributed by atoms with Crippen LogP contribution < -0.4 is 5.73 Å². The van der Waals surface area contributed by atoms with Gasteiger partial charge in [0.2, 0.25) is 0 Å². The molecule has 5 nitrogen and oxygen atoms in total. The summed E-state index contributed by atoms with van der Waals surface area (Å²) in [5, 5.41) is 2.83. The van der Waals surface area contributed by atoms with Crippen LogP contribution in [0, 0.1) is 0 Å². The average Bonchev–Trinajstić information content (AvgIpc) is 2.86. The van der Waals surface area contributed by atoms with Crippen LogP contribution >= 0.6 is 36.2 Å². The lowest BCUT2D eigenvalue weighted by Gasteiger charge is -2.42. The maximum absolute atomic E-state index is 12.4. The summed E-state index contributed by atoms with van der Waals surface area (Å²) < 4.78 is 0. The third kappa shape index (κ3) is 4.32. The molecule has 1 aliphatic carbocycles. The van der Waals surface area contributed by atoms with Crippen LogP contribution in [0.15, 0.2) is 5.38 Å². The van der Waals surface area contributed by atoms with Gasteiger partial charge in [0.05, 0.1) is 5.01 Å². The summed E-state index contributed by atoms with van der Waals surface area (Å²) in [6, 6.07) is 0.780. The lowest BCUT2D eigenvalue weighted by molar-refractivity contribution is 0.0451. The van der Waals surface area contributed by atoms with Gasteiger partial charge in [-0.3, -0.25) is 9.69 Å². The molecule has 0 unspecified atom stereocenters. The number of thiazole rings is 1. The second kappa shape index (κ2) is 9.03. The van der Waals surface area contributed by atoms with E-state index in [9.17, 15) is 4.79 Å². The zero-order valence-electron chi connectivity index (χ0n) is 12.6. The zero-order chi connectivity index (χ0) is 13.9. The van der Waals surface area contributed by atoms with Crippen LogP contribution in [-0.4, -0.2) is 59.5 Å². The molecule has 3 rings (SSSR count). The van der Waals surface area contributed by atoms with E-state index in [1.54, 1.807) is 0 Å². The zero-order valence-corrected chi connectivity index (χ0v) is 15.0.